The third-order valence-electron chi connectivity index (χ3n) is 2.36. The van der Waals surface area contributed by atoms with Gasteiger partial charge >= 0.3 is 11.9 Å². The molecule has 0 amide bonds. The molecular weight excluding hydrogens is 242 g/mol. The SMILES string of the molecule is CC(C)(CO)C(N)C(=O)O.CCCC(O)C(=O)O. The maximum absolute atomic E-state index is 10.3. The van der Waals surface area contributed by atoms with Crippen LogP contribution in [-0.2, 0) is 9.59 Å². The van der Waals surface area contributed by atoms with E-state index in [1.54, 1.807) is 13.8 Å². The summed E-state index contributed by atoms with van der Waals surface area (Å²) in [7, 11) is 0. The summed E-state index contributed by atoms with van der Waals surface area (Å²) < 4.78 is 0. The molecule has 7 nitrogen and oxygen atoms in total. The van der Waals surface area contributed by atoms with Crippen molar-refractivity contribution in [2.45, 2.75) is 45.8 Å². The molecule has 0 saturated heterocycles. The average Bonchev–Trinajstić information content (AvgIpc) is 2.28. The standard InChI is InChI=1S/C6H13NO3.C5H10O3/c1-6(2,3-8)4(7)5(9)10;1-2-3-4(6)5(7)8/h4,8H,3,7H2,1-2H3,(H,9,10);4,6H,2-3H2,1H3,(H,7,8). The number of aliphatic hydroxyl groups excluding tert-OH is 2. The molecule has 0 heterocycles. The molecule has 0 aromatic rings. The molecule has 108 valence electrons. The fourth-order valence-corrected chi connectivity index (χ4v) is 0.830. The molecule has 6 N–H and O–H groups in total. The van der Waals surface area contributed by atoms with Crippen molar-refractivity contribution in [3.05, 3.63) is 0 Å². The Morgan fingerprint density at radius 1 is 1.22 bits per heavy atom. The normalized spacial score (nSPS) is 14.1. The lowest BCUT2D eigenvalue weighted by Gasteiger charge is -2.25. The van der Waals surface area contributed by atoms with E-state index in [1.807, 2.05) is 6.92 Å². The number of rotatable bonds is 6. The van der Waals surface area contributed by atoms with Gasteiger partial charge < -0.3 is 26.2 Å². The lowest BCUT2D eigenvalue weighted by molar-refractivity contribution is -0.147. The van der Waals surface area contributed by atoms with Gasteiger partial charge in [-0.15, -0.1) is 0 Å². The zero-order valence-corrected chi connectivity index (χ0v) is 11.0. The Bertz CT molecular complexity index is 266. The predicted molar refractivity (Wildman–Crippen MR) is 65.0 cm³/mol. The molecule has 0 spiro atoms. The van der Waals surface area contributed by atoms with Gasteiger partial charge in [0, 0.05) is 5.41 Å². The van der Waals surface area contributed by atoms with Crippen molar-refractivity contribution in [3.8, 4) is 0 Å². The Kier molecular flexibility index (Phi) is 9.42. The monoisotopic (exact) mass is 265 g/mol. The first-order valence-electron chi connectivity index (χ1n) is 5.60. The highest BCUT2D eigenvalue weighted by Crippen LogP contribution is 2.17. The number of hydrogen-bond donors (Lipinski definition) is 5. The topological polar surface area (TPSA) is 141 Å². The van der Waals surface area contributed by atoms with Gasteiger partial charge in [-0.1, -0.05) is 27.2 Å². The lowest BCUT2D eigenvalue weighted by Crippen LogP contribution is -2.45. The maximum atomic E-state index is 10.3. The molecule has 0 aliphatic rings. The molecule has 0 aromatic carbocycles. The Morgan fingerprint density at radius 3 is 1.78 bits per heavy atom. The van der Waals surface area contributed by atoms with E-state index >= 15 is 0 Å². The summed E-state index contributed by atoms with van der Waals surface area (Å²) >= 11 is 0. The van der Waals surface area contributed by atoms with E-state index in [-0.39, 0.29) is 6.61 Å². The molecule has 2 unspecified atom stereocenters. The zero-order valence-electron chi connectivity index (χ0n) is 11.0. The van der Waals surface area contributed by atoms with E-state index in [0.717, 1.165) is 0 Å². The van der Waals surface area contributed by atoms with Crippen molar-refractivity contribution in [1.82, 2.24) is 0 Å². The summed E-state index contributed by atoms with van der Waals surface area (Å²) in [5.74, 6) is -2.22. The van der Waals surface area contributed by atoms with Gasteiger partial charge in [-0.05, 0) is 6.42 Å². The number of carbonyl (C=O) groups is 2. The van der Waals surface area contributed by atoms with Gasteiger partial charge in [0.2, 0.25) is 0 Å². The van der Waals surface area contributed by atoms with E-state index < -0.39 is 29.5 Å². The minimum atomic E-state index is -1.17. The molecule has 0 aromatic heterocycles. The second-order valence-corrected chi connectivity index (χ2v) is 4.61. The van der Waals surface area contributed by atoms with Crippen LogP contribution in [0.5, 0.6) is 0 Å². The van der Waals surface area contributed by atoms with Crippen molar-refractivity contribution in [1.29, 1.82) is 0 Å². The highest BCUT2D eigenvalue weighted by Gasteiger charge is 2.30. The smallest absolute Gasteiger partial charge is 0.332 e. The van der Waals surface area contributed by atoms with Crippen molar-refractivity contribution >= 4 is 11.9 Å². The van der Waals surface area contributed by atoms with Gasteiger partial charge in [0.25, 0.3) is 0 Å². The Balaban J connectivity index is 0. The number of nitrogens with two attached hydrogens (primary N) is 1. The highest BCUT2D eigenvalue weighted by atomic mass is 16.4. The molecular formula is C11H23NO6. The first-order chi connectivity index (χ1) is 8.10. The van der Waals surface area contributed by atoms with E-state index in [4.69, 9.17) is 26.2 Å². The van der Waals surface area contributed by atoms with E-state index in [1.165, 1.54) is 0 Å². The second kappa shape index (κ2) is 8.84. The van der Waals surface area contributed by atoms with Crippen LogP contribution in [0.15, 0.2) is 0 Å². The zero-order chi connectivity index (χ0) is 14.9. The van der Waals surface area contributed by atoms with Crippen LogP contribution in [0.3, 0.4) is 0 Å². The predicted octanol–water partition coefficient (Wildman–Crippen LogP) is -0.351. The quantitative estimate of drug-likeness (QED) is 0.442. The lowest BCUT2D eigenvalue weighted by atomic mass is 9.86. The van der Waals surface area contributed by atoms with Gasteiger partial charge in [-0.25, -0.2) is 4.79 Å². The van der Waals surface area contributed by atoms with Crippen LogP contribution in [0.2, 0.25) is 0 Å². The minimum absolute atomic E-state index is 0.222. The molecule has 0 radical (unpaired) electrons. The Labute approximate surface area is 106 Å². The molecule has 18 heavy (non-hydrogen) atoms. The highest BCUT2D eigenvalue weighted by molar-refractivity contribution is 5.74. The van der Waals surface area contributed by atoms with E-state index in [9.17, 15) is 9.59 Å². The largest absolute Gasteiger partial charge is 0.480 e. The van der Waals surface area contributed by atoms with Crippen LogP contribution in [0, 0.1) is 5.41 Å². The molecule has 0 bridgehead atoms. The summed E-state index contributed by atoms with van der Waals surface area (Å²) in [6.07, 6.45) is -0.122. The molecule has 0 fully saturated rings. The molecule has 0 aliphatic carbocycles. The Hall–Kier alpha value is -1.18. The summed E-state index contributed by atoms with van der Waals surface area (Å²) in [6, 6.07) is -1.00. The van der Waals surface area contributed by atoms with Gasteiger partial charge in [0.05, 0.1) is 6.61 Å². The third-order valence-corrected chi connectivity index (χ3v) is 2.36. The number of aliphatic hydroxyl groups is 2. The van der Waals surface area contributed by atoms with Gasteiger partial charge in [0.15, 0.2) is 6.10 Å². The first kappa shape index (κ1) is 19.2. The average molecular weight is 265 g/mol. The van der Waals surface area contributed by atoms with Crippen LogP contribution in [0.4, 0.5) is 0 Å². The van der Waals surface area contributed by atoms with Gasteiger partial charge in [-0.2, -0.15) is 0 Å². The van der Waals surface area contributed by atoms with Crippen molar-refractivity contribution in [3.63, 3.8) is 0 Å². The van der Waals surface area contributed by atoms with Crippen LogP contribution in [0.1, 0.15) is 33.6 Å². The summed E-state index contributed by atoms with van der Waals surface area (Å²) in [4.78, 5) is 20.1. The molecule has 7 heteroatoms. The Morgan fingerprint density at radius 2 is 1.67 bits per heavy atom. The number of carboxylic acids is 2. The summed E-state index contributed by atoms with van der Waals surface area (Å²) in [6.45, 7) is 4.81. The summed E-state index contributed by atoms with van der Waals surface area (Å²) in [5.41, 5.74) is 4.50. The maximum Gasteiger partial charge on any atom is 0.332 e. The first-order valence-corrected chi connectivity index (χ1v) is 5.60. The molecule has 0 saturated carbocycles. The van der Waals surface area contributed by atoms with Crippen LogP contribution in [0.25, 0.3) is 0 Å². The third kappa shape index (κ3) is 7.99. The fourth-order valence-electron chi connectivity index (χ4n) is 0.830. The van der Waals surface area contributed by atoms with Crippen LogP contribution >= 0.6 is 0 Å². The minimum Gasteiger partial charge on any atom is -0.480 e. The number of aliphatic carboxylic acids is 2. The molecule has 0 aliphatic heterocycles. The van der Waals surface area contributed by atoms with Crippen molar-refractivity contribution in [2.24, 2.45) is 11.1 Å². The van der Waals surface area contributed by atoms with E-state index in [2.05, 4.69) is 0 Å². The molecule has 0 rings (SSSR count). The van der Waals surface area contributed by atoms with Gasteiger partial charge in [0.1, 0.15) is 6.04 Å². The van der Waals surface area contributed by atoms with Crippen LogP contribution < -0.4 is 5.73 Å². The van der Waals surface area contributed by atoms with Crippen LogP contribution in [-0.4, -0.2) is 51.1 Å². The molecule has 2 atom stereocenters. The van der Waals surface area contributed by atoms with Crippen molar-refractivity contribution < 1.29 is 30.0 Å². The van der Waals surface area contributed by atoms with Gasteiger partial charge in [-0.3, -0.25) is 4.79 Å². The second-order valence-electron chi connectivity index (χ2n) is 4.61. The van der Waals surface area contributed by atoms with E-state index in [0.29, 0.717) is 12.8 Å². The number of hydrogen-bond acceptors (Lipinski definition) is 5. The van der Waals surface area contributed by atoms with Crippen molar-refractivity contribution in [2.75, 3.05) is 6.61 Å². The fraction of sp³-hybridized carbons (Fsp3) is 0.818. The number of carboxylic acid groups (broad SMARTS) is 2. The summed E-state index contributed by atoms with van der Waals surface area (Å²) in [5, 5.41) is 33.7.